The standard InChI is InChI=1S/C14H19N3O/c1-14(2,15-3)13-16-9-11(17-13)10-7-5-6-8-12(10)18-4/h5-9,15H,1-4H3,(H,16,17). The van der Waals surface area contributed by atoms with Gasteiger partial charge in [0.05, 0.1) is 24.5 Å². The van der Waals surface area contributed by atoms with Crippen molar-refractivity contribution in [3.63, 3.8) is 0 Å². The van der Waals surface area contributed by atoms with Crippen molar-refractivity contribution in [1.82, 2.24) is 15.3 Å². The average molecular weight is 245 g/mol. The number of H-pyrrole nitrogens is 1. The molecule has 0 radical (unpaired) electrons. The first-order chi connectivity index (χ1) is 8.58. The number of nitrogens with zero attached hydrogens (tertiary/aromatic N) is 1. The lowest BCUT2D eigenvalue weighted by molar-refractivity contribution is 0.415. The molecule has 0 saturated carbocycles. The Morgan fingerprint density at radius 2 is 2.00 bits per heavy atom. The Bertz CT molecular complexity index is 531. The first-order valence-electron chi connectivity index (χ1n) is 5.96. The number of nitrogens with one attached hydrogen (secondary N) is 2. The summed E-state index contributed by atoms with van der Waals surface area (Å²) < 4.78 is 5.36. The minimum absolute atomic E-state index is 0.180. The number of methoxy groups -OCH3 is 1. The maximum Gasteiger partial charge on any atom is 0.128 e. The van der Waals surface area contributed by atoms with Crippen LogP contribution in [0.15, 0.2) is 30.5 Å². The van der Waals surface area contributed by atoms with E-state index < -0.39 is 0 Å². The quantitative estimate of drug-likeness (QED) is 0.870. The van der Waals surface area contributed by atoms with Crippen LogP contribution in [0.5, 0.6) is 5.75 Å². The molecule has 0 unspecified atom stereocenters. The van der Waals surface area contributed by atoms with Gasteiger partial charge in [-0.15, -0.1) is 0 Å². The molecule has 0 bridgehead atoms. The van der Waals surface area contributed by atoms with Gasteiger partial charge in [0.1, 0.15) is 11.6 Å². The van der Waals surface area contributed by atoms with Gasteiger partial charge < -0.3 is 15.0 Å². The van der Waals surface area contributed by atoms with Gasteiger partial charge in [-0.05, 0) is 33.0 Å². The molecule has 0 aliphatic heterocycles. The zero-order valence-electron chi connectivity index (χ0n) is 11.2. The molecule has 1 aromatic carbocycles. The van der Waals surface area contributed by atoms with Gasteiger partial charge in [0.25, 0.3) is 0 Å². The summed E-state index contributed by atoms with van der Waals surface area (Å²) in [6.45, 7) is 4.16. The highest BCUT2D eigenvalue weighted by Crippen LogP contribution is 2.29. The topological polar surface area (TPSA) is 49.9 Å². The van der Waals surface area contributed by atoms with Crippen molar-refractivity contribution < 1.29 is 4.74 Å². The van der Waals surface area contributed by atoms with E-state index in [1.165, 1.54) is 0 Å². The molecule has 96 valence electrons. The number of imidazole rings is 1. The molecule has 0 amide bonds. The van der Waals surface area contributed by atoms with Gasteiger partial charge in [0, 0.05) is 5.56 Å². The van der Waals surface area contributed by atoms with Crippen LogP contribution < -0.4 is 10.1 Å². The first-order valence-corrected chi connectivity index (χ1v) is 5.96. The molecule has 0 saturated heterocycles. The van der Waals surface area contributed by atoms with Crippen molar-refractivity contribution in [3.8, 4) is 17.0 Å². The monoisotopic (exact) mass is 245 g/mol. The van der Waals surface area contributed by atoms with Crippen molar-refractivity contribution in [2.45, 2.75) is 19.4 Å². The highest BCUT2D eigenvalue weighted by molar-refractivity contribution is 5.66. The molecule has 1 aromatic heterocycles. The van der Waals surface area contributed by atoms with Crippen LogP contribution >= 0.6 is 0 Å². The molecule has 0 fully saturated rings. The maximum absolute atomic E-state index is 5.36. The van der Waals surface area contributed by atoms with E-state index in [4.69, 9.17) is 4.74 Å². The van der Waals surface area contributed by atoms with E-state index in [0.29, 0.717) is 0 Å². The Morgan fingerprint density at radius 3 is 2.67 bits per heavy atom. The second kappa shape index (κ2) is 4.82. The van der Waals surface area contributed by atoms with Crippen molar-refractivity contribution in [2.75, 3.05) is 14.2 Å². The Balaban J connectivity index is 2.41. The molecular formula is C14H19N3O. The molecule has 0 spiro atoms. The van der Waals surface area contributed by atoms with Crippen molar-refractivity contribution in [2.24, 2.45) is 0 Å². The average Bonchev–Trinajstić information content (AvgIpc) is 2.89. The lowest BCUT2D eigenvalue weighted by Crippen LogP contribution is -2.34. The largest absolute Gasteiger partial charge is 0.496 e. The zero-order chi connectivity index (χ0) is 13.2. The molecule has 4 nitrogen and oxygen atoms in total. The third-order valence-corrected chi connectivity index (χ3v) is 3.19. The second-order valence-corrected chi connectivity index (χ2v) is 4.72. The fraction of sp³-hybridized carbons (Fsp3) is 0.357. The predicted molar refractivity (Wildman–Crippen MR) is 72.7 cm³/mol. The van der Waals surface area contributed by atoms with Gasteiger partial charge in [0.15, 0.2) is 0 Å². The molecule has 0 aliphatic carbocycles. The SMILES string of the molecule is CNC(C)(C)c1ncc(-c2ccccc2OC)[nH]1. The summed E-state index contributed by atoms with van der Waals surface area (Å²) in [7, 11) is 3.60. The number of ether oxygens (including phenoxy) is 1. The van der Waals surface area contributed by atoms with Crippen LogP contribution in [-0.4, -0.2) is 24.1 Å². The van der Waals surface area contributed by atoms with Gasteiger partial charge in [-0.2, -0.15) is 0 Å². The first kappa shape index (κ1) is 12.6. The zero-order valence-corrected chi connectivity index (χ0v) is 11.2. The maximum atomic E-state index is 5.36. The van der Waals surface area contributed by atoms with E-state index in [0.717, 1.165) is 22.8 Å². The smallest absolute Gasteiger partial charge is 0.128 e. The predicted octanol–water partition coefficient (Wildman–Crippen LogP) is 2.54. The summed E-state index contributed by atoms with van der Waals surface area (Å²) in [4.78, 5) is 7.78. The molecule has 2 rings (SSSR count). The van der Waals surface area contributed by atoms with Crippen molar-refractivity contribution in [3.05, 3.63) is 36.3 Å². The number of aromatic nitrogens is 2. The third-order valence-electron chi connectivity index (χ3n) is 3.19. The Morgan fingerprint density at radius 1 is 1.28 bits per heavy atom. The highest BCUT2D eigenvalue weighted by Gasteiger charge is 2.22. The number of para-hydroxylation sites is 1. The molecule has 2 N–H and O–H groups in total. The number of benzene rings is 1. The summed E-state index contributed by atoms with van der Waals surface area (Å²) in [5.41, 5.74) is 1.80. The molecule has 18 heavy (non-hydrogen) atoms. The van der Waals surface area contributed by atoms with E-state index in [9.17, 15) is 0 Å². The fourth-order valence-corrected chi connectivity index (χ4v) is 1.76. The van der Waals surface area contributed by atoms with Gasteiger partial charge in [-0.1, -0.05) is 12.1 Å². The number of rotatable bonds is 4. The third kappa shape index (κ3) is 2.24. The molecule has 2 aromatic rings. The summed E-state index contributed by atoms with van der Waals surface area (Å²) >= 11 is 0. The van der Waals surface area contributed by atoms with Gasteiger partial charge in [0.2, 0.25) is 0 Å². The number of aromatic amines is 1. The van der Waals surface area contributed by atoms with Crippen molar-refractivity contribution in [1.29, 1.82) is 0 Å². The van der Waals surface area contributed by atoms with Crippen LogP contribution in [0.2, 0.25) is 0 Å². The number of hydrogen-bond donors (Lipinski definition) is 2. The fourth-order valence-electron chi connectivity index (χ4n) is 1.76. The molecule has 0 atom stereocenters. The lowest BCUT2D eigenvalue weighted by atomic mass is 10.1. The van der Waals surface area contributed by atoms with Crippen molar-refractivity contribution >= 4 is 0 Å². The van der Waals surface area contributed by atoms with Crippen LogP contribution in [0.1, 0.15) is 19.7 Å². The molecular weight excluding hydrogens is 226 g/mol. The minimum Gasteiger partial charge on any atom is -0.496 e. The molecule has 4 heteroatoms. The van der Waals surface area contributed by atoms with Crippen LogP contribution in [0.3, 0.4) is 0 Å². The minimum atomic E-state index is -0.180. The Kier molecular flexibility index (Phi) is 3.39. The summed E-state index contributed by atoms with van der Waals surface area (Å²) in [5, 5.41) is 3.23. The van der Waals surface area contributed by atoms with E-state index >= 15 is 0 Å². The summed E-state index contributed by atoms with van der Waals surface area (Å²) in [5.74, 6) is 1.75. The van der Waals surface area contributed by atoms with E-state index in [2.05, 4.69) is 29.1 Å². The summed E-state index contributed by atoms with van der Waals surface area (Å²) in [6, 6.07) is 7.90. The highest BCUT2D eigenvalue weighted by atomic mass is 16.5. The number of hydrogen-bond acceptors (Lipinski definition) is 3. The summed E-state index contributed by atoms with van der Waals surface area (Å²) in [6.07, 6.45) is 1.84. The second-order valence-electron chi connectivity index (χ2n) is 4.72. The van der Waals surface area contributed by atoms with E-state index in [1.807, 2.05) is 37.5 Å². The van der Waals surface area contributed by atoms with Crippen LogP contribution in [0, 0.1) is 0 Å². The molecule has 1 heterocycles. The van der Waals surface area contributed by atoms with Crippen LogP contribution in [-0.2, 0) is 5.54 Å². The van der Waals surface area contributed by atoms with Gasteiger partial charge in [-0.3, -0.25) is 0 Å². The van der Waals surface area contributed by atoms with Gasteiger partial charge in [-0.25, -0.2) is 4.98 Å². The molecule has 0 aliphatic rings. The van der Waals surface area contributed by atoms with Gasteiger partial charge >= 0.3 is 0 Å². The normalized spacial score (nSPS) is 11.6. The Hall–Kier alpha value is -1.81. The van der Waals surface area contributed by atoms with Crippen LogP contribution in [0.25, 0.3) is 11.3 Å². The van der Waals surface area contributed by atoms with E-state index in [-0.39, 0.29) is 5.54 Å². The Labute approximate surface area is 107 Å². The lowest BCUT2D eigenvalue weighted by Gasteiger charge is -2.20. The van der Waals surface area contributed by atoms with Crippen LogP contribution in [0.4, 0.5) is 0 Å². The van der Waals surface area contributed by atoms with E-state index in [1.54, 1.807) is 7.11 Å².